The van der Waals surface area contributed by atoms with E-state index in [2.05, 4.69) is 0 Å². The van der Waals surface area contributed by atoms with Crippen molar-refractivity contribution in [3.05, 3.63) is 28.8 Å². The smallest absolute Gasteiger partial charge is 0.365 e. The van der Waals surface area contributed by atoms with Gasteiger partial charge < -0.3 is 4.90 Å². The summed E-state index contributed by atoms with van der Waals surface area (Å²) in [6.07, 6.45) is -4.17. The van der Waals surface area contributed by atoms with E-state index in [9.17, 15) is 13.2 Å². The molecule has 0 aliphatic rings. The van der Waals surface area contributed by atoms with Crippen LogP contribution < -0.4 is 4.90 Å². The summed E-state index contributed by atoms with van der Waals surface area (Å²) >= 11 is 0. The standard InChI is InChI=1S/C12H16F3N/c1-8-5-6-11(10(3)9(8)2)16(4)7-12(13,14)15/h5-6H,7H2,1-4H3. The van der Waals surface area contributed by atoms with Gasteiger partial charge in [0.15, 0.2) is 0 Å². The van der Waals surface area contributed by atoms with Gasteiger partial charge in [0, 0.05) is 12.7 Å². The molecule has 0 radical (unpaired) electrons. The molecule has 1 aromatic carbocycles. The van der Waals surface area contributed by atoms with Crippen LogP contribution in [0.2, 0.25) is 0 Å². The lowest BCUT2D eigenvalue weighted by molar-refractivity contribution is -0.119. The van der Waals surface area contributed by atoms with Crippen molar-refractivity contribution in [3.63, 3.8) is 0 Å². The number of anilines is 1. The molecule has 0 heterocycles. The van der Waals surface area contributed by atoms with E-state index >= 15 is 0 Å². The maximum Gasteiger partial charge on any atom is 0.405 e. The summed E-state index contributed by atoms with van der Waals surface area (Å²) in [4.78, 5) is 1.24. The number of halogens is 3. The molecule has 0 spiro atoms. The summed E-state index contributed by atoms with van der Waals surface area (Å²) < 4.78 is 36.8. The van der Waals surface area contributed by atoms with Crippen LogP contribution in [0.5, 0.6) is 0 Å². The molecule has 0 saturated heterocycles. The minimum atomic E-state index is -4.17. The van der Waals surface area contributed by atoms with Gasteiger partial charge in [-0.2, -0.15) is 13.2 Å². The predicted octanol–water partition coefficient (Wildman–Crippen LogP) is 3.61. The van der Waals surface area contributed by atoms with Gasteiger partial charge in [-0.05, 0) is 43.5 Å². The topological polar surface area (TPSA) is 3.24 Å². The summed E-state index contributed by atoms with van der Waals surface area (Å²) in [6.45, 7) is 4.81. The van der Waals surface area contributed by atoms with E-state index in [0.717, 1.165) is 16.7 Å². The number of aryl methyl sites for hydroxylation is 1. The first-order valence-electron chi connectivity index (χ1n) is 5.07. The highest BCUT2D eigenvalue weighted by Crippen LogP contribution is 2.27. The molecule has 1 rings (SSSR count). The van der Waals surface area contributed by atoms with E-state index < -0.39 is 12.7 Å². The van der Waals surface area contributed by atoms with Gasteiger partial charge in [0.05, 0.1) is 0 Å². The minimum absolute atomic E-state index is 0.639. The Balaban J connectivity index is 3.01. The molecule has 0 unspecified atom stereocenters. The fraction of sp³-hybridized carbons (Fsp3) is 0.500. The molecular weight excluding hydrogens is 215 g/mol. The van der Waals surface area contributed by atoms with Crippen LogP contribution in [0, 0.1) is 20.8 Å². The third-order valence-corrected chi connectivity index (χ3v) is 2.86. The highest BCUT2D eigenvalue weighted by molar-refractivity contribution is 5.57. The number of alkyl halides is 3. The molecule has 1 nitrogen and oxygen atoms in total. The Morgan fingerprint density at radius 2 is 1.62 bits per heavy atom. The van der Waals surface area contributed by atoms with E-state index in [1.165, 1.54) is 11.9 Å². The Bertz CT molecular complexity index is 383. The van der Waals surface area contributed by atoms with Crippen molar-refractivity contribution < 1.29 is 13.2 Å². The molecule has 0 saturated carbocycles. The van der Waals surface area contributed by atoms with Gasteiger partial charge in [-0.1, -0.05) is 6.07 Å². The third-order valence-electron chi connectivity index (χ3n) is 2.86. The lowest BCUT2D eigenvalue weighted by Crippen LogP contribution is -2.31. The number of benzene rings is 1. The van der Waals surface area contributed by atoms with E-state index in [4.69, 9.17) is 0 Å². The summed E-state index contributed by atoms with van der Waals surface area (Å²) in [5.74, 6) is 0. The lowest BCUT2D eigenvalue weighted by atomic mass is 10.0. The number of hydrogen-bond donors (Lipinski definition) is 0. The summed E-state index contributed by atoms with van der Waals surface area (Å²) in [7, 11) is 1.46. The van der Waals surface area contributed by atoms with Crippen molar-refractivity contribution in [2.75, 3.05) is 18.5 Å². The van der Waals surface area contributed by atoms with Crippen LogP contribution >= 0.6 is 0 Å². The maximum atomic E-state index is 12.3. The van der Waals surface area contributed by atoms with Crippen LogP contribution in [-0.2, 0) is 0 Å². The van der Waals surface area contributed by atoms with Gasteiger partial charge in [0.1, 0.15) is 6.54 Å². The summed E-state index contributed by atoms with van der Waals surface area (Å²) in [6, 6.07) is 3.59. The first-order valence-corrected chi connectivity index (χ1v) is 5.07. The van der Waals surface area contributed by atoms with Crippen molar-refractivity contribution in [2.45, 2.75) is 26.9 Å². The lowest BCUT2D eigenvalue weighted by Gasteiger charge is -2.24. The van der Waals surface area contributed by atoms with Gasteiger partial charge in [-0.3, -0.25) is 0 Å². The zero-order valence-corrected chi connectivity index (χ0v) is 9.94. The monoisotopic (exact) mass is 231 g/mol. The molecule has 0 bridgehead atoms. The highest BCUT2D eigenvalue weighted by atomic mass is 19.4. The molecule has 1 aromatic rings. The molecule has 0 fully saturated rings. The largest absolute Gasteiger partial charge is 0.405 e. The average Bonchev–Trinajstić information content (AvgIpc) is 2.11. The quantitative estimate of drug-likeness (QED) is 0.751. The zero-order chi connectivity index (χ0) is 12.5. The van der Waals surface area contributed by atoms with E-state index in [-0.39, 0.29) is 0 Å². The van der Waals surface area contributed by atoms with Crippen LogP contribution in [0.25, 0.3) is 0 Å². The molecule has 4 heteroatoms. The van der Waals surface area contributed by atoms with E-state index in [0.29, 0.717) is 5.69 Å². The van der Waals surface area contributed by atoms with Crippen molar-refractivity contribution in [1.29, 1.82) is 0 Å². The van der Waals surface area contributed by atoms with E-state index in [1.54, 1.807) is 6.07 Å². The Hall–Kier alpha value is -1.19. The first kappa shape index (κ1) is 12.9. The number of rotatable bonds is 2. The second-order valence-corrected chi connectivity index (χ2v) is 4.12. The Morgan fingerprint density at radius 3 is 2.12 bits per heavy atom. The van der Waals surface area contributed by atoms with Crippen LogP contribution in [0.1, 0.15) is 16.7 Å². The SMILES string of the molecule is Cc1ccc(N(C)CC(F)(F)F)c(C)c1C. The number of hydrogen-bond acceptors (Lipinski definition) is 1. The Kier molecular flexibility index (Phi) is 3.51. The molecule has 0 atom stereocenters. The predicted molar refractivity (Wildman–Crippen MR) is 60.0 cm³/mol. The van der Waals surface area contributed by atoms with Crippen LogP contribution in [0.3, 0.4) is 0 Å². The molecule has 0 aliphatic heterocycles. The fourth-order valence-corrected chi connectivity index (χ4v) is 1.71. The van der Waals surface area contributed by atoms with Crippen LogP contribution in [0.4, 0.5) is 18.9 Å². The second kappa shape index (κ2) is 4.36. The molecule has 16 heavy (non-hydrogen) atoms. The molecule has 0 aliphatic carbocycles. The van der Waals surface area contributed by atoms with Crippen LogP contribution in [-0.4, -0.2) is 19.8 Å². The summed E-state index contributed by atoms with van der Waals surface area (Å²) in [5, 5.41) is 0. The maximum absolute atomic E-state index is 12.3. The minimum Gasteiger partial charge on any atom is -0.365 e. The Morgan fingerprint density at radius 1 is 1.06 bits per heavy atom. The molecule has 0 aromatic heterocycles. The summed E-state index contributed by atoms with van der Waals surface area (Å²) in [5.41, 5.74) is 3.69. The molecule has 0 amide bonds. The first-order chi connectivity index (χ1) is 7.22. The number of nitrogens with zero attached hydrogens (tertiary/aromatic N) is 1. The van der Waals surface area contributed by atoms with Crippen molar-refractivity contribution >= 4 is 5.69 Å². The second-order valence-electron chi connectivity index (χ2n) is 4.12. The van der Waals surface area contributed by atoms with Crippen molar-refractivity contribution in [3.8, 4) is 0 Å². The van der Waals surface area contributed by atoms with Crippen LogP contribution in [0.15, 0.2) is 12.1 Å². The van der Waals surface area contributed by atoms with Gasteiger partial charge >= 0.3 is 6.18 Å². The van der Waals surface area contributed by atoms with Gasteiger partial charge in [-0.25, -0.2) is 0 Å². The van der Waals surface area contributed by atoms with Gasteiger partial charge in [-0.15, -0.1) is 0 Å². The molecular formula is C12H16F3N. The van der Waals surface area contributed by atoms with Gasteiger partial charge in [0.25, 0.3) is 0 Å². The van der Waals surface area contributed by atoms with Crippen molar-refractivity contribution in [1.82, 2.24) is 0 Å². The Labute approximate surface area is 93.9 Å². The average molecular weight is 231 g/mol. The fourth-order valence-electron chi connectivity index (χ4n) is 1.71. The molecule has 0 N–H and O–H groups in total. The van der Waals surface area contributed by atoms with Crippen molar-refractivity contribution in [2.24, 2.45) is 0 Å². The normalized spacial score (nSPS) is 11.7. The highest BCUT2D eigenvalue weighted by Gasteiger charge is 2.29. The van der Waals surface area contributed by atoms with E-state index in [1.807, 2.05) is 26.8 Å². The van der Waals surface area contributed by atoms with Gasteiger partial charge in [0.2, 0.25) is 0 Å². The third kappa shape index (κ3) is 2.90. The molecule has 90 valence electrons. The zero-order valence-electron chi connectivity index (χ0n) is 9.94.